The first-order valence-electron chi connectivity index (χ1n) is 7.70. The van der Waals surface area contributed by atoms with Gasteiger partial charge in [0, 0.05) is 25.7 Å². The minimum absolute atomic E-state index is 0.0129. The summed E-state index contributed by atoms with van der Waals surface area (Å²) in [5, 5.41) is 0. The van der Waals surface area contributed by atoms with Gasteiger partial charge in [-0.3, -0.25) is 4.79 Å². The third-order valence-electron chi connectivity index (χ3n) is 3.67. The highest BCUT2D eigenvalue weighted by Crippen LogP contribution is 2.27. The van der Waals surface area contributed by atoms with Crippen LogP contribution in [0.5, 0.6) is 0 Å². The first-order chi connectivity index (χ1) is 9.90. The van der Waals surface area contributed by atoms with Crippen LogP contribution in [0.25, 0.3) is 0 Å². The summed E-state index contributed by atoms with van der Waals surface area (Å²) in [7, 11) is 4.04. The second kappa shape index (κ2) is 8.61. The maximum Gasteiger partial charge on any atom is 0.220 e. The fraction of sp³-hybridized carbons (Fsp3) is 0.750. The number of rotatable bonds is 10. The SMILES string of the molecule is CCCN(C)CCOCCN(C)c1c(C(C)C)c(=S)c1=O. The lowest BCUT2D eigenvalue weighted by molar-refractivity contribution is 0.117. The van der Waals surface area contributed by atoms with Crippen molar-refractivity contribution in [3.8, 4) is 0 Å². The normalized spacial score (nSPS) is 11.8. The van der Waals surface area contributed by atoms with Crippen LogP contribution in [0.3, 0.4) is 0 Å². The molecule has 0 aliphatic rings. The van der Waals surface area contributed by atoms with Crippen LogP contribution in [-0.4, -0.2) is 51.8 Å². The lowest BCUT2D eigenvalue weighted by Crippen LogP contribution is -2.33. The van der Waals surface area contributed by atoms with Crippen molar-refractivity contribution in [3.63, 3.8) is 0 Å². The van der Waals surface area contributed by atoms with Gasteiger partial charge in [0.05, 0.1) is 23.4 Å². The Kier molecular flexibility index (Phi) is 7.49. The van der Waals surface area contributed by atoms with E-state index in [1.165, 1.54) is 0 Å². The van der Waals surface area contributed by atoms with Gasteiger partial charge in [0.2, 0.25) is 5.43 Å². The first-order valence-corrected chi connectivity index (χ1v) is 8.11. The molecule has 1 aromatic carbocycles. The van der Waals surface area contributed by atoms with Crippen LogP contribution in [0.15, 0.2) is 4.79 Å². The molecule has 1 aromatic rings. The molecule has 0 saturated heterocycles. The quantitative estimate of drug-likeness (QED) is 0.490. The summed E-state index contributed by atoms with van der Waals surface area (Å²) >= 11 is 5.14. The molecule has 0 unspecified atom stereocenters. The van der Waals surface area contributed by atoms with Crippen molar-refractivity contribution in [1.29, 1.82) is 0 Å². The summed E-state index contributed by atoms with van der Waals surface area (Å²) < 4.78 is 6.16. The van der Waals surface area contributed by atoms with Crippen molar-refractivity contribution in [1.82, 2.24) is 4.90 Å². The highest BCUT2D eigenvalue weighted by Gasteiger charge is 2.22. The molecule has 0 aliphatic carbocycles. The molecule has 21 heavy (non-hydrogen) atoms. The zero-order valence-electron chi connectivity index (χ0n) is 13.9. The van der Waals surface area contributed by atoms with Crippen molar-refractivity contribution in [2.75, 3.05) is 51.8 Å². The van der Waals surface area contributed by atoms with Gasteiger partial charge in [-0.1, -0.05) is 33.0 Å². The Balaban J connectivity index is 2.35. The van der Waals surface area contributed by atoms with Gasteiger partial charge in [-0.15, -0.1) is 0 Å². The van der Waals surface area contributed by atoms with E-state index < -0.39 is 0 Å². The number of hydrogen-bond acceptors (Lipinski definition) is 5. The zero-order valence-corrected chi connectivity index (χ0v) is 14.8. The van der Waals surface area contributed by atoms with Crippen molar-refractivity contribution in [2.45, 2.75) is 33.1 Å². The lowest BCUT2D eigenvalue weighted by atomic mass is 9.96. The molecular formula is C16H28N2O2S. The predicted molar refractivity (Wildman–Crippen MR) is 91.9 cm³/mol. The molecule has 4 nitrogen and oxygen atoms in total. The summed E-state index contributed by atoms with van der Waals surface area (Å²) in [6.45, 7) is 10.4. The Labute approximate surface area is 133 Å². The zero-order chi connectivity index (χ0) is 16.0. The second-order valence-electron chi connectivity index (χ2n) is 5.91. The molecule has 120 valence electrons. The number of likely N-dealkylation sites (N-methyl/N-ethyl adjacent to an activating group) is 2. The highest BCUT2D eigenvalue weighted by atomic mass is 32.1. The summed E-state index contributed by atoms with van der Waals surface area (Å²) in [6, 6.07) is 0. The third-order valence-corrected chi connectivity index (χ3v) is 4.08. The maximum absolute atomic E-state index is 11.9. The Bertz CT molecular complexity index is 506. The highest BCUT2D eigenvalue weighted by molar-refractivity contribution is 7.71. The molecule has 0 aromatic heterocycles. The molecule has 0 spiro atoms. The Morgan fingerprint density at radius 2 is 1.76 bits per heavy atom. The van der Waals surface area contributed by atoms with Crippen LogP contribution in [0.4, 0.5) is 5.69 Å². The predicted octanol–water partition coefficient (Wildman–Crippen LogP) is 2.57. The van der Waals surface area contributed by atoms with Crippen molar-refractivity contribution < 1.29 is 4.74 Å². The average molecular weight is 312 g/mol. The van der Waals surface area contributed by atoms with Gasteiger partial charge in [-0.2, -0.15) is 0 Å². The number of hydrogen-bond donors (Lipinski definition) is 0. The van der Waals surface area contributed by atoms with Crippen molar-refractivity contribution in [2.24, 2.45) is 0 Å². The number of nitrogens with zero attached hydrogens (tertiary/aromatic N) is 2. The van der Waals surface area contributed by atoms with Gasteiger partial charge in [0.1, 0.15) is 0 Å². The van der Waals surface area contributed by atoms with Gasteiger partial charge in [0.25, 0.3) is 0 Å². The lowest BCUT2D eigenvalue weighted by Gasteiger charge is -2.25. The standard InChI is InChI=1S/C16H28N2O2S/c1-6-7-17(4)8-10-20-11-9-18(5)14-13(12(2)3)16(21)15(14)19/h12H,6-11H2,1-5H3. The molecular weight excluding hydrogens is 284 g/mol. The third kappa shape index (κ3) is 4.87. The molecule has 0 heterocycles. The monoisotopic (exact) mass is 312 g/mol. The van der Waals surface area contributed by atoms with E-state index in [4.69, 9.17) is 17.0 Å². The van der Waals surface area contributed by atoms with Gasteiger partial charge in [-0.05, 0) is 25.9 Å². The molecule has 0 bridgehead atoms. The fourth-order valence-corrected chi connectivity index (χ4v) is 2.87. The second-order valence-corrected chi connectivity index (χ2v) is 6.32. The van der Waals surface area contributed by atoms with Crippen LogP contribution in [0.2, 0.25) is 0 Å². The van der Waals surface area contributed by atoms with E-state index in [2.05, 4.69) is 32.7 Å². The van der Waals surface area contributed by atoms with Crippen LogP contribution in [0, 0.1) is 4.51 Å². The first kappa shape index (κ1) is 18.3. The molecule has 0 atom stereocenters. The van der Waals surface area contributed by atoms with E-state index in [0.717, 1.165) is 43.9 Å². The Hall–Kier alpha value is -0.780. The smallest absolute Gasteiger partial charge is 0.220 e. The minimum Gasteiger partial charge on any atom is -0.378 e. The Morgan fingerprint density at radius 1 is 1.14 bits per heavy atom. The average Bonchev–Trinajstić information content (AvgIpc) is 2.42. The minimum atomic E-state index is 0.0129. The topological polar surface area (TPSA) is 32.8 Å². The number of ether oxygens (including phenoxy) is 1. The molecule has 0 N–H and O–H groups in total. The summed E-state index contributed by atoms with van der Waals surface area (Å²) in [6.07, 6.45) is 1.16. The van der Waals surface area contributed by atoms with Gasteiger partial charge < -0.3 is 14.5 Å². The maximum atomic E-state index is 11.9. The molecule has 0 saturated carbocycles. The summed E-state index contributed by atoms with van der Waals surface area (Å²) in [4.78, 5) is 16.1. The van der Waals surface area contributed by atoms with Crippen molar-refractivity contribution >= 4 is 17.9 Å². The van der Waals surface area contributed by atoms with E-state index >= 15 is 0 Å². The molecule has 1 rings (SSSR count). The van der Waals surface area contributed by atoms with E-state index in [-0.39, 0.29) is 5.43 Å². The van der Waals surface area contributed by atoms with Crippen molar-refractivity contribution in [3.05, 3.63) is 20.3 Å². The molecule has 5 heteroatoms. The van der Waals surface area contributed by atoms with Gasteiger partial charge in [-0.25, -0.2) is 0 Å². The van der Waals surface area contributed by atoms with Crippen LogP contribution < -0.4 is 10.3 Å². The van der Waals surface area contributed by atoms with Crippen LogP contribution in [0.1, 0.15) is 38.7 Å². The van der Waals surface area contributed by atoms with E-state index in [0.29, 0.717) is 17.0 Å². The van der Waals surface area contributed by atoms with Gasteiger partial charge in [0.15, 0.2) is 0 Å². The molecule has 0 amide bonds. The van der Waals surface area contributed by atoms with E-state index in [1.807, 2.05) is 11.9 Å². The van der Waals surface area contributed by atoms with Crippen LogP contribution >= 0.6 is 12.2 Å². The van der Waals surface area contributed by atoms with E-state index in [1.54, 1.807) is 0 Å². The van der Waals surface area contributed by atoms with E-state index in [9.17, 15) is 4.79 Å². The molecule has 0 radical (unpaired) electrons. The molecule has 0 aliphatic heterocycles. The fourth-order valence-electron chi connectivity index (χ4n) is 2.44. The van der Waals surface area contributed by atoms with Crippen LogP contribution in [-0.2, 0) is 4.74 Å². The van der Waals surface area contributed by atoms with Gasteiger partial charge >= 0.3 is 0 Å². The summed E-state index contributed by atoms with van der Waals surface area (Å²) in [5.74, 6) is 0.302. The Morgan fingerprint density at radius 3 is 2.33 bits per heavy atom. The summed E-state index contributed by atoms with van der Waals surface area (Å²) in [5.41, 5.74) is 1.82. The largest absolute Gasteiger partial charge is 0.378 e. The molecule has 0 fully saturated rings. The number of anilines is 1.